The molecule has 32 heavy (non-hydrogen) atoms. The molecule has 2 aromatic heterocycles. The summed E-state index contributed by atoms with van der Waals surface area (Å²) in [4.78, 5) is 7.54. The van der Waals surface area contributed by atoms with Crippen LogP contribution in [0.5, 0.6) is 5.75 Å². The first-order valence-corrected chi connectivity index (χ1v) is 9.52. The molecule has 4 nitrogen and oxygen atoms in total. The van der Waals surface area contributed by atoms with Gasteiger partial charge in [-0.25, -0.2) is 13.8 Å². The molecule has 0 atom stereocenters. The van der Waals surface area contributed by atoms with Crippen LogP contribution >= 0.6 is 0 Å². The molecule has 0 fully saturated rings. The molecule has 0 unspecified atom stereocenters. The fraction of sp³-hybridized carbons (Fsp3) is 0.174. The molecule has 0 saturated carbocycles. The van der Waals surface area contributed by atoms with Crippen LogP contribution < -0.4 is 4.74 Å². The second-order valence-electron chi connectivity index (χ2n) is 7.23. The molecule has 0 spiro atoms. The van der Waals surface area contributed by atoms with E-state index in [0.717, 1.165) is 6.92 Å². The number of aryl methyl sites for hydroxylation is 1. The number of nitrogens with one attached hydrogen (secondary N) is 1. The van der Waals surface area contributed by atoms with Gasteiger partial charge in [-0.1, -0.05) is 36.4 Å². The number of benzene rings is 2. The number of imidazole rings is 1. The SMILES string of the molecule is Cc1[nH]c(-c2ccc(-c3ccccc3OC(F)(F)F)o2)nc1-c1ccc(C(C)(F)F)cc1. The predicted molar refractivity (Wildman–Crippen MR) is 108 cm³/mol. The zero-order valence-corrected chi connectivity index (χ0v) is 16.9. The normalized spacial score (nSPS) is 12.2. The fourth-order valence-electron chi connectivity index (χ4n) is 3.27. The highest BCUT2D eigenvalue weighted by atomic mass is 19.4. The molecule has 1 N–H and O–H groups in total. The molecule has 9 heteroatoms. The monoisotopic (exact) mass is 448 g/mol. The lowest BCUT2D eigenvalue weighted by molar-refractivity contribution is -0.274. The van der Waals surface area contributed by atoms with Gasteiger partial charge in [0.15, 0.2) is 11.6 Å². The van der Waals surface area contributed by atoms with Crippen molar-refractivity contribution in [1.29, 1.82) is 0 Å². The molecule has 0 aliphatic carbocycles. The molecule has 0 aliphatic heterocycles. The van der Waals surface area contributed by atoms with E-state index in [9.17, 15) is 22.0 Å². The number of H-pyrrole nitrogens is 1. The highest BCUT2D eigenvalue weighted by molar-refractivity contribution is 5.70. The van der Waals surface area contributed by atoms with Crippen molar-refractivity contribution in [3.05, 3.63) is 71.9 Å². The van der Waals surface area contributed by atoms with Crippen LogP contribution in [0.4, 0.5) is 22.0 Å². The van der Waals surface area contributed by atoms with Crippen LogP contribution in [0.15, 0.2) is 65.1 Å². The standard InChI is InChI=1S/C23H17F5N2O2/c1-13-20(14-7-9-15(10-8-14)22(2,24)25)30-21(29-13)19-12-11-17(31-19)16-5-3-4-6-18(16)32-23(26,27)28/h3-12H,1-2H3,(H,29,30). The Labute approximate surface area is 179 Å². The highest BCUT2D eigenvalue weighted by Gasteiger charge is 2.32. The van der Waals surface area contributed by atoms with Gasteiger partial charge in [-0.05, 0) is 31.2 Å². The minimum absolute atomic E-state index is 0.106. The summed E-state index contributed by atoms with van der Waals surface area (Å²) in [5.41, 5.74) is 1.88. The maximum atomic E-state index is 13.4. The van der Waals surface area contributed by atoms with Gasteiger partial charge in [-0.15, -0.1) is 13.2 Å². The van der Waals surface area contributed by atoms with Gasteiger partial charge in [0.05, 0.1) is 11.3 Å². The number of rotatable bonds is 5. The maximum absolute atomic E-state index is 13.4. The molecule has 2 aromatic carbocycles. The van der Waals surface area contributed by atoms with Crippen LogP contribution in [0.25, 0.3) is 34.2 Å². The number of ether oxygens (including phenoxy) is 1. The molecule has 0 saturated heterocycles. The van der Waals surface area contributed by atoms with Gasteiger partial charge in [-0.3, -0.25) is 0 Å². The molecule has 0 radical (unpaired) electrons. The van der Waals surface area contributed by atoms with E-state index in [1.165, 1.54) is 36.4 Å². The Bertz CT molecular complexity index is 1230. The van der Waals surface area contributed by atoms with Crippen molar-refractivity contribution in [3.8, 4) is 39.9 Å². The Morgan fingerprint density at radius 1 is 0.875 bits per heavy atom. The number of hydrogen-bond donors (Lipinski definition) is 1. The van der Waals surface area contributed by atoms with Crippen LogP contribution in [0, 0.1) is 6.92 Å². The first kappa shape index (κ1) is 21.6. The summed E-state index contributed by atoms with van der Waals surface area (Å²) in [7, 11) is 0. The van der Waals surface area contributed by atoms with Crippen molar-refractivity contribution in [2.24, 2.45) is 0 Å². The number of para-hydroxylation sites is 1. The molecule has 0 bridgehead atoms. The van der Waals surface area contributed by atoms with Crippen molar-refractivity contribution < 1.29 is 31.1 Å². The van der Waals surface area contributed by atoms with Crippen molar-refractivity contribution in [2.75, 3.05) is 0 Å². The van der Waals surface area contributed by atoms with E-state index < -0.39 is 12.3 Å². The molecule has 4 rings (SSSR count). The smallest absolute Gasteiger partial charge is 0.453 e. The number of hydrogen-bond acceptors (Lipinski definition) is 3. The Balaban J connectivity index is 1.64. The molecule has 166 valence electrons. The highest BCUT2D eigenvalue weighted by Crippen LogP contribution is 2.37. The lowest BCUT2D eigenvalue weighted by Gasteiger charge is -2.11. The molecule has 0 aliphatic rings. The van der Waals surface area contributed by atoms with Gasteiger partial charge in [0.25, 0.3) is 5.92 Å². The minimum Gasteiger partial charge on any atom is -0.453 e. The lowest BCUT2D eigenvalue weighted by atomic mass is 10.0. The number of aromatic nitrogens is 2. The summed E-state index contributed by atoms with van der Waals surface area (Å²) in [6, 6.07) is 14.5. The Kier molecular flexibility index (Phi) is 5.28. The summed E-state index contributed by atoms with van der Waals surface area (Å²) in [6.07, 6.45) is -4.84. The Morgan fingerprint density at radius 2 is 1.53 bits per heavy atom. The second kappa shape index (κ2) is 7.81. The third-order valence-corrected chi connectivity index (χ3v) is 4.77. The van der Waals surface area contributed by atoms with E-state index in [2.05, 4.69) is 14.7 Å². The third-order valence-electron chi connectivity index (χ3n) is 4.77. The largest absolute Gasteiger partial charge is 0.573 e. The van der Waals surface area contributed by atoms with E-state index in [1.807, 2.05) is 0 Å². The van der Waals surface area contributed by atoms with Crippen molar-refractivity contribution >= 4 is 0 Å². The van der Waals surface area contributed by atoms with E-state index in [4.69, 9.17) is 4.42 Å². The van der Waals surface area contributed by atoms with Gasteiger partial charge >= 0.3 is 6.36 Å². The summed E-state index contributed by atoms with van der Waals surface area (Å²) in [6.45, 7) is 2.59. The molecule has 2 heterocycles. The number of alkyl halides is 5. The lowest BCUT2D eigenvalue weighted by Crippen LogP contribution is -2.17. The van der Waals surface area contributed by atoms with Crippen LogP contribution in [0.1, 0.15) is 18.2 Å². The number of halogens is 5. The Morgan fingerprint density at radius 3 is 2.19 bits per heavy atom. The van der Waals surface area contributed by atoms with Crippen molar-refractivity contribution in [1.82, 2.24) is 9.97 Å². The van der Waals surface area contributed by atoms with Crippen molar-refractivity contribution in [2.45, 2.75) is 26.1 Å². The van der Waals surface area contributed by atoms with Crippen LogP contribution in [0.2, 0.25) is 0 Å². The average molecular weight is 448 g/mol. The topological polar surface area (TPSA) is 51.0 Å². The molecule has 0 amide bonds. The van der Waals surface area contributed by atoms with Gasteiger partial charge in [0, 0.05) is 23.7 Å². The second-order valence-corrected chi connectivity index (χ2v) is 7.23. The zero-order valence-electron chi connectivity index (χ0n) is 16.9. The summed E-state index contributed by atoms with van der Waals surface area (Å²) in [5.74, 6) is -2.51. The zero-order chi connectivity index (χ0) is 23.1. The molecule has 4 aromatic rings. The number of furan rings is 1. The summed E-state index contributed by atoms with van der Waals surface area (Å²) < 4.78 is 74.8. The van der Waals surface area contributed by atoms with E-state index in [0.29, 0.717) is 28.5 Å². The van der Waals surface area contributed by atoms with Gasteiger partial charge in [0.2, 0.25) is 0 Å². The quantitative estimate of drug-likeness (QED) is 0.326. The third kappa shape index (κ3) is 4.51. The van der Waals surface area contributed by atoms with Gasteiger partial charge in [-0.2, -0.15) is 0 Å². The van der Waals surface area contributed by atoms with E-state index in [-0.39, 0.29) is 22.6 Å². The average Bonchev–Trinajstić information content (AvgIpc) is 3.33. The molecular formula is C23H17F5N2O2. The van der Waals surface area contributed by atoms with E-state index in [1.54, 1.807) is 31.2 Å². The first-order chi connectivity index (χ1) is 15.0. The number of nitrogens with zero attached hydrogens (tertiary/aromatic N) is 1. The van der Waals surface area contributed by atoms with E-state index >= 15 is 0 Å². The number of aromatic amines is 1. The predicted octanol–water partition coefficient (Wildman–Crippen LogP) is 7.32. The molecular weight excluding hydrogens is 431 g/mol. The Hall–Kier alpha value is -3.62. The summed E-state index contributed by atoms with van der Waals surface area (Å²) >= 11 is 0. The van der Waals surface area contributed by atoms with Gasteiger partial charge < -0.3 is 14.1 Å². The maximum Gasteiger partial charge on any atom is 0.573 e. The van der Waals surface area contributed by atoms with Crippen LogP contribution in [-0.2, 0) is 5.92 Å². The summed E-state index contributed by atoms with van der Waals surface area (Å²) in [5, 5.41) is 0. The van der Waals surface area contributed by atoms with Crippen molar-refractivity contribution in [3.63, 3.8) is 0 Å². The minimum atomic E-state index is -4.84. The first-order valence-electron chi connectivity index (χ1n) is 9.52. The van der Waals surface area contributed by atoms with Gasteiger partial charge in [0.1, 0.15) is 11.5 Å². The van der Waals surface area contributed by atoms with Crippen LogP contribution in [-0.4, -0.2) is 16.3 Å². The van der Waals surface area contributed by atoms with Crippen LogP contribution in [0.3, 0.4) is 0 Å². The fourth-order valence-corrected chi connectivity index (χ4v) is 3.27.